The van der Waals surface area contributed by atoms with Gasteiger partial charge < -0.3 is 10.1 Å². The monoisotopic (exact) mass is 200 g/mol. The lowest BCUT2D eigenvalue weighted by molar-refractivity contribution is -0.125. The minimum absolute atomic E-state index is 0.00940. The molecule has 0 saturated carbocycles. The molecule has 4 nitrogen and oxygen atoms in total. The van der Waals surface area contributed by atoms with Crippen molar-refractivity contribution in [3.63, 3.8) is 0 Å². The Balaban J connectivity index is 2.42. The normalized spacial score (nSPS) is 12.5. The Morgan fingerprint density at radius 3 is 3.15 bits per heavy atom. The van der Waals surface area contributed by atoms with Crippen LogP contribution in [0.4, 0.5) is 0 Å². The third-order valence-corrected chi connectivity index (χ3v) is 2.49. The van der Waals surface area contributed by atoms with Gasteiger partial charge in [0.15, 0.2) is 0 Å². The van der Waals surface area contributed by atoms with Crippen molar-refractivity contribution in [1.29, 1.82) is 0 Å². The van der Waals surface area contributed by atoms with Crippen molar-refractivity contribution in [3.8, 4) is 0 Å². The molecule has 72 valence electrons. The first-order valence-corrected chi connectivity index (χ1v) is 4.78. The van der Waals surface area contributed by atoms with Gasteiger partial charge in [-0.3, -0.25) is 9.78 Å². The number of aromatic nitrogens is 1. The van der Waals surface area contributed by atoms with E-state index in [4.69, 9.17) is 4.74 Å². The van der Waals surface area contributed by atoms with Crippen LogP contribution in [0.15, 0.2) is 11.7 Å². The molecule has 0 aliphatic rings. The van der Waals surface area contributed by atoms with Gasteiger partial charge in [-0.2, -0.15) is 0 Å². The zero-order valence-electron chi connectivity index (χ0n) is 7.61. The second kappa shape index (κ2) is 4.94. The van der Waals surface area contributed by atoms with Gasteiger partial charge in [-0.05, 0) is 6.92 Å². The summed E-state index contributed by atoms with van der Waals surface area (Å²) in [5.41, 5.74) is 1.74. The van der Waals surface area contributed by atoms with Crippen LogP contribution in [0, 0.1) is 0 Å². The summed E-state index contributed by atoms with van der Waals surface area (Å²) < 4.78 is 4.70. The summed E-state index contributed by atoms with van der Waals surface area (Å²) in [6, 6.07) is 0.00940. The first-order valence-electron chi connectivity index (χ1n) is 3.90. The first kappa shape index (κ1) is 10.1. The Kier molecular flexibility index (Phi) is 3.85. The SMILES string of the molecule is COCC(=O)N[C@@H](C)c1cncs1. The molecule has 0 radical (unpaired) electrons. The highest BCUT2D eigenvalue weighted by atomic mass is 32.1. The Bertz CT molecular complexity index is 261. The van der Waals surface area contributed by atoms with Gasteiger partial charge in [-0.15, -0.1) is 11.3 Å². The second-order valence-corrected chi connectivity index (χ2v) is 3.54. The zero-order chi connectivity index (χ0) is 9.68. The molecule has 0 spiro atoms. The van der Waals surface area contributed by atoms with Crippen LogP contribution in [0.5, 0.6) is 0 Å². The highest BCUT2D eigenvalue weighted by Gasteiger charge is 2.09. The Labute approximate surface area is 80.9 Å². The van der Waals surface area contributed by atoms with E-state index in [1.54, 1.807) is 11.7 Å². The number of hydrogen-bond donors (Lipinski definition) is 1. The largest absolute Gasteiger partial charge is 0.375 e. The van der Waals surface area contributed by atoms with Gasteiger partial charge in [0.05, 0.1) is 11.6 Å². The van der Waals surface area contributed by atoms with Crippen molar-refractivity contribution in [2.45, 2.75) is 13.0 Å². The van der Waals surface area contributed by atoms with Crippen molar-refractivity contribution < 1.29 is 9.53 Å². The fraction of sp³-hybridized carbons (Fsp3) is 0.500. The van der Waals surface area contributed by atoms with Crippen molar-refractivity contribution >= 4 is 17.2 Å². The predicted molar refractivity (Wildman–Crippen MR) is 50.5 cm³/mol. The number of hydrogen-bond acceptors (Lipinski definition) is 4. The number of carbonyl (C=O) groups excluding carboxylic acids is 1. The summed E-state index contributed by atoms with van der Waals surface area (Å²) in [5.74, 6) is -0.108. The molecule has 0 unspecified atom stereocenters. The molecule has 5 heteroatoms. The number of carbonyl (C=O) groups is 1. The maximum absolute atomic E-state index is 11.1. The van der Waals surface area contributed by atoms with Crippen molar-refractivity contribution in [3.05, 3.63) is 16.6 Å². The molecule has 0 aromatic carbocycles. The lowest BCUT2D eigenvalue weighted by atomic mass is 10.3. The van der Waals surface area contributed by atoms with Gasteiger partial charge in [0.1, 0.15) is 6.61 Å². The van der Waals surface area contributed by atoms with Crippen LogP contribution in [-0.4, -0.2) is 24.6 Å². The Hall–Kier alpha value is -0.940. The molecule has 0 aliphatic carbocycles. The van der Waals surface area contributed by atoms with Gasteiger partial charge in [0.25, 0.3) is 0 Å². The quantitative estimate of drug-likeness (QED) is 0.787. The number of methoxy groups -OCH3 is 1. The van der Waals surface area contributed by atoms with E-state index in [1.807, 2.05) is 6.92 Å². The van der Waals surface area contributed by atoms with Gasteiger partial charge in [0, 0.05) is 18.2 Å². The maximum atomic E-state index is 11.1. The molecule has 0 saturated heterocycles. The van der Waals surface area contributed by atoms with Crippen LogP contribution in [-0.2, 0) is 9.53 Å². The molecule has 0 aliphatic heterocycles. The van der Waals surface area contributed by atoms with Crippen molar-refractivity contribution in [1.82, 2.24) is 10.3 Å². The minimum Gasteiger partial charge on any atom is -0.375 e. The first-order chi connectivity index (χ1) is 6.24. The van der Waals surface area contributed by atoms with E-state index in [9.17, 15) is 4.79 Å². The van der Waals surface area contributed by atoms with Crippen molar-refractivity contribution in [2.75, 3.05) is 13.7 Å². The number of amides is 1. The van der Waals surface area contributed by atoms with Gasteiger partial charge in [0.2, 0.25) is 5.91 Å². The third-order valence-electron chi connectivity index (χ3n) is 1.53. The Morgan fingerprint density at radius 1 is 1.85 bits per heavy atom. The number of thiazole rings is 1. The standard InChI is InChI=1S/C8H12N2O2S/c1-6(7-3-9-5-13-7)10-8(11)4-12-2/h3,5-6H,4H2,1-2H3,(H,10,11)/t6-/m0/s1. The Morgan fingerprint density at radius 2 is 2.62 bits per heavy atom. The average molecular weight is 200 g/mol. The van der Waals surface area contributed by atoms with Gasteiger partial charge >= 0.3 is 0 Å². The van der Waals surface area contributed by atoms with Crippen LogP contribution < -0.4 is 5.32 Å². The van der Waals surface area contributed by atoms with Gasteiger partial charge in [-0.25, -0.2) is 0 Å². The van der Waals surface area contributed by atoms with E-state index in [2.05, 4.69) is 10.3 Å². The van der Waals surface area contributed by atoms with Crippen LogP contribution >= 0.6 is 11.3 Å². The number of nitrogens with one attached hydrogen (secondary N) is 1. The number of ether oxygens (including phenoxy) is 1. The lowest BCUT2D eigenvalue weighted by Crippen LogP contribution is -2.29. The summed E-state index contributed by atoms with van der Waals surface area (Å²) in [4.78, 5) is 16.1. The van der Waals surface area contributed by atoms with Crippen molar-refractivity contribution in [2.24, 2.45) is 0 Å². The molecule has 1 atom stereocenters. The summed E-state index contributed by atoms with van der Waals surface area (Å²) in [7, 11) is 1.50. The molecule has 1 heterocycles. The molecule has 0 fully saturated rings. The second-order valence-electron chi connectivity index (χ2n) is 2.63. The molecule has 1 amide bonds. The van der Waals surface area contributed by atoms with E-state index < -0.39 is 0 Å². The maximum Gasteiger partial charge on any atom is 0.246 e. The topological polar surface area (TPSA) is 51.2 Å². The predicted octanol–water partition coefficient (Wildman–Crippen LogP) is 0.967. The zero-order valence-corrected chi connectivity index (χ0v) is 8.43. The van der Waals surface area contributed by atoms with Gasteiger partial charge in [-0.1, -0.05) is 0 Å². The molecule has 1 rings (SSSR count). The smallest absolute Gasteiger partial charge is 0.246 e. The van der Waals surface area contributed by atoms with E-state index >= 15 is 0 Å². The third kappa shape index (κ3) is 3.12. The van der Waals surface area contributed by atoms with E-state index in [1.165, 1.54) is 18.4 Å². The molecule has 1 aromatic heterocycles. The van der Waals surface area contributed by atoms with Crippen LogP contribution in [0.3, 0.4) is 0 Å². The molecule has 1 aromatic rings. The summed E-state index contributed by atoms with van der Waals surface area (Å²) in [6.07, 6.45) is 1.75. The molecule has 13 heavy (non-hydrogen) atoms. The summed E-state index contributed by atoms with van der Waals surface area (Å²) >= 11 is 1.52. The number of nitrogens with zero attached hydrogens (tertiary/aromatic N) is 1. The molecular formula is C8H12N2O2S. The lowest BCUT2D eigenvalue weighted by Gasteiger charge is -2.10. The minimum atomic E-state index is -0.108. The van der Waals surface area contributed by atoms with E-state index in [-0.39, 0.29) is 18.6 Å². The summed E-state index contributed by atoms with van der Waals surface area (Å²) in [6.45, 7) is 2.02. The van der Waals surface area contributed by atoms with E-state index in [0.29, 0.717) is 0 Å². The van der Waals surface area contributed by atoms with E-state index in [0.717, 1.165) is 4.88 Å². The number of rotatable bonds is 4. The fourth-order valence-electron chi connectivity index (χ4n) is 0.925. The van der Waals surface area contributed by atoms with Crippen LogP contribution in [0.1, 0.15) is 17.8 Å². The summed E-state index contributed by atoms with van der Waals surface area (Å²) in [5, 5.41) is 2.79. The van der Waals surface area contributed by atoms with Crippen LogP contribution in [0.25, 0.3) is 0 Å². The fourth-order valence-corrected chi connectivity index (χ4v) is 1.55. The molecular weight excluding hydrogens is 188 g/mol. The average Bonchev–Trinajstić information content (AvgIpc) is 2.55. The molecule has 0 bridgehead atoms. The van der Waals surface area contributed by atoms with Crippen LogP contribution in [0.2, 0.25) is 0 Å². The molecule has 1 N–H and O–H groups in total. The highest BCUT2D eigenvalue weighted by molar-refractivity contribution is 7.09. The highest BCUT2D eigenvalue weighted by Crippen LogP contribution is 2.15.